The highest BCUT2D eigenvalue weighted by molar-refractivity contribution is 5.94. The molecule has 0 radical (unpaired) electrons. The van der Waals surface area contributed by atoms with Crippen molar-refractivity contribution in [1.29, 1.82) is 0 Å². The predicted octanol–water partition coefficient (Wildman–Crippen LogP) is 2.13. The Labute approximate surface area is 137 Å². The molecule has 1 amide bonds. The van der Waals surface area contributed by atoms with Crippen LogP contribution < -0.4 is 0 Å². The largest absolute Gasteiger partial charge is 0.337 e. The van der Waals surface area contributed by atoms with Crippen molar-refractivity contribution in [3.8, 4) is 0 Å². The lowest BCUT2D eigenvalue weighted by Gasteiger charge is -2.24. The quantitative estimate of drug-likeness (QED) is 0.868. The first-order valence-electron chi connectivity index (χ1n) is 7.95. The fourth-order valence-corrected chi connectivity index (χ4v) is 2.93. The highest BCUT2D eigenvalue weighted by Crippen LogP contribution is 2.18. The molecule has 0 unspecified atom stereocenters. The van der Waals surface area contributed by atoms with Gasteiger partial charge in [-0.1, -0.05) is 17.7 Å². The molecule has 1 aromatic heterocycles. The molecule has 0 saturated carbocycles. The standard InChI is InChI=1S/C18H22N4O/c1-14-4-6-15(7-5-14)18(23)22-11-8-16(12-22)21(2)13-17-19-9-3-10-20-17/h3-7,9-10,16H,8,11-13H2,1-2H3/t16-/m1/s1. The van der Waals surface area contributed by atoms with Crippen LogP contribution in [-0.2, 0) is 6.54 Å². The van der Waals surface area contributed by atoms with E-state index in [4.69, 9.17) is 0 Å². The molecule has 120 valence electrons. The summed E-state index contributed by atoms with van der Waals surface area (Å²) in [6.07, 6.45) is 4.51. The van der Waals surface area contributed by atoms with E-state index in [9.17, 15) is 4.79 Å². The molecular formula is C18H22N4O. The van der Waals surface area contributed by atoms with Crippen LogP contribution in [0.2, 0.25) is 0 Å². The highest BCUT2D eigenvalue weighted by atomic mass is 16.2. The summed E-state index contributed by atoms with van der Waals surface area (Å²) in [7, 11) is 2.07. The Morgan fingerprint density at radius 3 is 2.65 bits per heavy atom. The SMILES string of the molecule is Cc1ccc(C(=O)N2CC[C@@H](N(C)Cc3ncccn3)C2)cc1. The minimum atomic E-state index is 0.122. The van der Waals surface area contributed by atoms with Gasteiger partial charge in [-0.25, -0.2) is 9.97 Å². The fraction of sp³-hybridized carbons (Fsp3) is 0.389. The van der Waals surface area contributed by atoms with E-state index in [0.717, 1.165) is 30.9 Å². The molecule has 2 heterocycles. The molecule has 1 atom stereocenters. The maximum Gasteiger partial charge on any atom is 0.253 e. The smallest absolute Gasteiger partial charge is 0.253 e. The summed E-state index contributed by atoms with van der Waals surface area (Å²) in [5.74, 6) is 0.940. The Balaban J connectivity index is 1.59. The van der Waals surface area contributed by atoms with Gasteiger partial charge in [0.15, 0.2) is 0 Å². The van der Waals surface area contributed by atoms with E-state index in [0.29, 0.717) is 12.6 Å². The molecule has 5 heteroatoms. The highest BCUT2D eigenvalue weighted by Gasteiger charge is 2.29. The fourth-order valence-electron chi connectivity index (χ4n) is 2.93. The van der Waals surface area contributed by atoms with Crippen molar-refractivity contribution in [3.05, 3.63) is 59.7 Å². The van der Waals surface area contributed by atoms with Crippen molar-refractivity contribution < 1.29 is 4.79 Å². The van der Waals surface area contributed by atoms with E-state index in [1.165, 1.54) is 5.56 Å². The lowest BCUT2D eigenvalue weighted by Crippen LogP contribution is -2.36. The first kappa shape index (κ1) is 15.6. The summed E-state index contributed by atoms with van der Waals surface area (Å²) < 4.78 is 0. The topological polar surface area (TPSA) is 49.3 Å². The number of likely N-dealkylation sites (N-methyl/N-ethyl adjacent to an activating group) is 1. The molecule has 23 heavy (non-hydrogen) atoms. The van der Waals surface area contributed by atoms with Crippen molar-refractivity contribution in [2.45, 2.75) is 25.9 Å². The van der Waals surface area contributed by atoms with Crippen LogP contribution in [-0.4, -0.2) is 51.9 Å². The maximum absolute atomic E-state index is 12.6. The van der Waals surface area contributed by atoms with Crippen LogP contribution in [0.4, 0.5) is 0 Å². The molecule has 0 spiro atoms. The van der Waals surface area contributed by atoms with Crippen LogP contribution in [0, 0.1) is 6.92 Å². The number of rotatable bonds is 4. The lowest BCUT2D eigenvalue weighted by molar-refractivity contribution is 0.0779. The monoisotopic (exact) mass is 310 g/mol. The summed E-state index contributed by atoms with van der Waals surface area (Å²) in [5, 5.41) is 0. The molecule has 0 bridgehead atoms. The molecule has 1 aromatic carbocycles. The second kappa shape index (κ2) is 6.87. The Morgan fingerprint density at radius 1 is 1.26 bits per heavy atom. The van der Waals surface area contributed by atoms with Crippen molar-refractivity contribution in [3.63, 3.8) is 0 Å². The Hall–Kier alpha value is -2.27. The third-order valence-corrected chi connectivity index (χ3v) is 4.38. The maximum atomic E-state index is 12.6. The average Bonchev–Trinajstić information content (AvgIpc) is 3.06. The second-order valence-electron chi connectivity index (χ2n) is 6.14. The summed E-state index contributed by atoms with van der Waals surface area (Å²) >= 11 is 0. The second-order valence-corrected chi connectivity index (χ2v) is 6.14. The van der Waals surface area contributed by atoms with E-state index >= 15 is 0 Å². The average molecular weight is 310 g/mol. The van der Waals surface area contributed by atoms with E-state index in [-0.39, 0.29) is 5.91 Å². The number of hydrogen-bond acceptors (Lipinski definition) is 4. The van der Waals surface area contributed by atoms with E-state index in [2.05, 4.69) is 21.9 Å². The van der Waals surface area contributed by atoms with Gasteiger partial charge in [-0.3, -0.25) is 9.69 Å². The molecule has 5 nitrogen and oxygen atoms in total. The third kappa shape index (κ3) is 3.74. The molecular weight excluding hydrogens is 288 g/mol. The van der Waals surface area contributed by atoms with E-state index < -0.39 is 0 Å². The van der Waals surface area contributed by atoms with Crippen molar-refractivity contribution >= 4 is 5.91 Å². The number of benzene rings is 1. The van der Waals surface area contributed by atoms with E-state index in [1.54, 1.807) is 12.4 Å². The molecule has 1 fully saturated rings. The molecule has 1 saturated heterocycles. The lowest BCUT2D eigenvalue weighted by atomic mass is 10.1. The van der Waals surface area contributed by atoms with Gasteiger partial charge in [-0.15, -0.1) is 0 Å². The number of hydrogen-bond donors (Lipinski definition) is 0. The number of nitrogens with zero attached hydrogens (tertiary/aromatic N) is 4. The molecule has 1 aliphatic rings. The molecule has 3 rings (SSSR count). The van der Waals surface area contributed by atoms with Crippen LogP contribution in [0.5, 0.6) is 0 Å². The summed E-state index contributed by atoms with van der Waals surface area (Å²) in [6.45, 7) is 4.30. The zero-order valence-electron chi connectivity index (χ0n) is 13.6. The van der Waals surface area contributed by atoms with Gasteiger partial charge in [-0.2, -0.15) is 0 Å². The van der Waals surface area contributed by atoms with Crippen LogP contribution in [0.15, 0.2) is 42.7 Å². The Bertz CT molecular complexity index is 656. The van der Waals surface area contributed by atoms with Crippen molar-refractivity contribution in [2.75, 3.05) is 20.1 Å². The van der Waals surface area contributed by atoms with Gasteiger partial charge >= 0.3 is 0 Å². The number of aromatic nitrogens is 2. The predicted molar refractivity (Wildman–Crippen MR) is 89.0 cm³/mol. The number of amides is 1. The first-order valence-corrected chi connectivity index (χ1v) is 7.95. The van der Waals surface area contributed by atoms with Gasteiger partial charge in [0.25, 0.3) is 5.91 Å². The number of aryl methyl sites for hydroxylation is 1. The normalized spacial score (nSPS) is 17.7. The summed E-state index contributed by atoms with van der Waals surface area (Å²) in [4.78, 5) is 25.3. The third-order valence-electron chi connectivity index (χ3n) is 4.38. The minimum Gasteiger partial charge on any atom is -0.337 e. The van der Waals surface area contributed by atoms with Crippen molar-refractivity contribution in [2.24, 2.45) is 0 Å². The first-order chi connectivity index (χ1) is 11.1. The van der Waals surface area contributed by atoms with Gasteiger partial charge in [0.2, 0.25) is 0 Å². The zero-order chi connectivity index (χ0) is 16.2. The van der Waals surface area contributed by atoms with Crippen LogP contribution in [0.25, 0.3) is 0 Å². The van der Waals surface area contributed by atoms with Crippen LogP contribution in [0.1, 0.15) is 28.2 Å². The Morgan fingerprint density at radius 2 is 1.96 bits per heavy atom. The molecule has 2 aromatic rings. The van der Waals surface area contributed by atoms with Crippen molar-refractivity contribution in [1.82, 2.24) is 19.8 Å². The molecule has 0 N–H and O–H groups in total. The van der Waals surface area contributed by atoms with Gasteiger partial charge in [0, 0.05) is 37.1 Å². The zero-order valence-corrected chi connectivity index (χ0v) is 13.6. The van der Waals surface area contributed by atoms with E-state index in [1.807, 2.05) is 42.2 Å². The van der Waals surface area contributed by atoms with Crippen LogP contribution >= 0.6 is 0 Å². The molecule has 1 aliphatic heterocycles. The van der Waals surface area contributed by atoms with Gasteiger partial charge in [0.05, 0.1) is 6.54 Å². The number of carbonyl (C=O) groups is 1. The summed E-state index contributed by atoms with van der Waals surface area (Å²) in [5.41, 5.74) is 1.94. The van der Waals surface area contributed by atoms with Gasteiger partial charge in [-0.05, 0) is 38.6 Å². The minimum absolute atomic E-state index is 0.122. The summed E-state index contributed by atoms with van der Waals surface area (Å²) in [6, 6.07) is 9.97. The van der Waals surface area contributed by atoms with Crippen LogP contribution in [0.3, 0.4) is 0 Å². The number of likely N-dealkylation sites (tertiary alicyclic amines) is 1. The van der Waals surface area contributed by atoms with Gasteiger partial charge in [0.1, 0.15) is 5.82 Å². The number of carbonyl (C=O) groups excluding carboxylic acids is 1. The molecule has 0 aliphatic carbocycles. The van der Waals surface area contributed by atoms with Gasteiger partial charge < -0.3 is 4.90 Å². The Kier molecular flexibility index (Phi) is 4.67.